The first-order valence-electron chi connectivity index (χ1n) is 9.08. The fourth-order valence-corrected chi connectivity index (χ4v) is 3.06. The van der Waals surface area contributed by atoms with Crippen molar-refractivity contribution < 1.29 is 14.5 Å². The molecule has 0 unspecified atom stereocenters. The number of nitrogens with one attached hydrogen (secondary N) is 1. The van der Waals surface area contributed by atoms with Gasteiger partial charge in [-0.3, -0.25) is 14.9 Å². The van der Waals surface area contributed by atoms with Gasteiger partial charge in [-0.15, -0.1) is 0 Å². The molecular weight excluding hydrogens is 362 g/mol. The van der Waals surface area contributed by atoms with E-state index in [1.54, 1.807) is 7.11 Å². The number of nitrogens with zero attached hydrogens (tertiary/aromatic N) is 4. The number of pyridine rings is 1. The average Bonchev–Trinajstić information content (AvgIpc) is 2.74. The maximum absolute atomic E-state index is 12.4. The monoisotopic (exact) mass is 385 g/mol. The third-order valence-corrected chi connectivity index (χ3v) is 4.67. The number of carbonyl (C=O) groups is 1. The van der Waals surface area contributed by atoms with Crippen LogP contribution in [0.1, 0.15) is 6.42 Å². The van der Waals surface area contributed by atoms with E-state index in [0.717, 1.165) is 24.5 Å². The summed E-state index contributed by atoms with van der Waals surface area (Å²) in [5.41, 5.74) is 1.06. The number of aromatic nitrogens is 1. The Labute approximate surface area is 163 Å². The largest absolute Gasteiger partial charge is 0.497 e. The van der Waals surface area contributed by atoms with Crippen LogP contribution >= 0.6 is 0 Å². The first-order chi connectivity index (χ1) is 13.6. The van der Waals surface area contributed by atoms with E-state index in [1.165, 1.54) is 18.3 Å². The van der Waals surface area contributed by atoms with E-state index in [0.29, 0.717) is 31.9 Å². The van der Waals surface area contributed by atoms with Crippen molar-refractivity contribution in [2.45, 2.75) is 6.42 Å². The summed E-state index contributed by atoms with van der Waals surface area (Å²) >= 11 is 0. The summed E-state index contributed by atoms with van der Waals surface area (Å²) < 4.78 is 5.18. The van der Waals surface area contributed by atoms with Gasteiger partial charge in [-0.2, -0.15) is 0 Å². The molecule has 0 aliphatic carbocycles. The molecule has 0 spiro atoms. The van der Waals surface area contributed by atoms with E-state index in [-0.39, 0.29) is 11.6 Å². The van der Waals surface area contributed by atoms with Crippen LogP contribution in [0.2, 0.25) is 0 Å². The van der Waals surface area contributed by atoms with Crippen LogP contribution in [0.5, 0.6) is 5.75 Å². The van der Waals surface area contributed by atoms with Crippen molar-refractivity contribution in [2.75, 3.05) is 50.1 Å². The van der Waals surface area contributed by atoms with Crippen LogP contribution in [0, 0.1) is 10.1 Å². The number of hydrogen-bond donors (Lipinski definition) is 1. The van der Waals surface area contributed by atoms with E-state index >= 15 is 0 Å². The molecule has 2 aromatic rings. The van der Waals surface area contributed by atoms with E-state index in [9.17, 15) is 14.9 Å². The van der Waals surface area contributed by atoms with Crippen LogP contribution in [-0.4, -0.2) is 60.5 Å². The molecule has 1 amide bonds. The zero-order valence-corrected chi connectivity index (χ0v) is 15.7. The van der Waals surface area contributed by atoms with Gasteiger partial charge in [0.15, 0.2) is 0 Å². The molecule has 9 nitrogen and oxygen atoms in total. The maximum Gasteiger partial charge on any atom is 0.287 e. The molecule has 0 radical (unpaired) electrons. The van der Waals surface area contributed by atoms with Gasteiger partial charge in [0, 0.05) is 50.9 Å². The second-order valence-electron chi connectivity index (χ2n) is 6.40. The van der Waals surface area contributed by atoms with Gasteiger partial charge in [-0.25, -0.2) is 4.98 Å². The van der Waals surface area contributed by atoms with Crippen LogP contribution in [0.3, 0.4) is 0 Å². The minimum atomic E-state index is -0.494. The predicted octanol–water partition coefficient (Wildman–Crippen LogP) is 2.15. The normalized spacial score (nSPS) is 13.9. The van der Waals surface area contributed by atoms with E-state index < -0.39 is 4.92 Å². The Bertz CT molecular complexity index is 802. The SMILES string of the molecule is COc1ccc(N2CCN(C(=O)CCNc3ccc([N+](=O)[O-])cn3)CC2)cc1. The maximum atomic E-state index is 12.4. The Morgan fingerprint density at radius 2 is 1.89 bits per heavy atom. The molecule has 1 aromatic carbocycles. The third kappa shape index (κ3) is 4.87. The van der Waals surface area contributed by atoms with Crippen molar-refractivity contribution in [2.24, 2.45) is 0 Å². The Kier molecular flexibility index (Phi) is 6.25. The number of hydrogen-bond acceptors (Lipinski definition) is 7. The first kappa shape index (κ1) is 19.4. The van der Waals surface area contributed by atoms with Crippen molar-refractivity contribution in [3.8, 4) is 5.75 Å². The van der Waals surface area contributed by atoms with Gasteiger partial charge < -0.3 is 19.9 Å². The summed E-state index contributed by atoms with van der Waals surface area (Å²) in [7, 11) is 1.64. The molecule has 0 bridgehead atoms. The second-order valence-corrected chi connectivity index (χ2v) is 6.40. The summed E-state index contributed by atoms with van der Waals surface area (Å²) in [4.78, 5) is 30.6. The summed E-state index contributed by atoms with van der Waals surface area (Å²) in [6.07, 6.45) is 1.55. The Morgan fingerprint density at radius 3 is 2.46 bits per heavy atom. The van der Waals surface area contributed by atoms with Gasteiger partial charge in [0.05, 0.1) is 12.0 Å². The molecule has 0 saturated carbocycles. The number of rotatable bonds is 7. The van der Waals surface area contributed by atoms with Gasteiger partial charge in [0.25, 0.3) is 5.69 Å². The highest BCUT2D eigenvalue weighted by molar-refractivity contribution is 5.77. The molecule has 148 valence electrons. The number of amides is 1. The zero-order valence-electron chi connectivity index (χ0n) is 15.7. The average molecular weight is 385 g/mol. The molecule has 1 fully saturated rings. The molecule has 1 aliphatic heterocycles. The fraction of sp³-hybridized carbons (Fsp3) is 0.368. The fourth-order valence-electron chi connectivity index (χ4n) is 3.06. The van der Waals surface area contributed by atoms with Crippen molar-refractivity contribution in [3.05, 3.63) is 52.7 Å². The molecule has 1 aliphatic rings. The second kappa shape index (κ2) is 9.03. The van der Waals surface area contributed by atoms with Crippen molar-refractivity contribution >= 4 is 23.1 Å². The highest BCUT2D eigenvalue weighted by atomic mass is 16.6. The molecule has 9 heteroatoms. The molecule has 28 heavy (non-hydrogen) atoms. The quantitative estimate of drug-likeness (QED) is 0.576. The lowest BCUT2D eigenvalue weighted by molar-refractivity contribution is -0.385. The van der Waals surface area contributed by atoms with E-state index in [4.69, 9.17) is 4.74 Å². The molecule has 3 rings (SSSR count). The van der Waals surface area contributed by atoms with Gasteiger partial charge in [0.2, 0.25) is 5.91 Å². The molecule has 1 N–H and O–H groups in total. The van der Waals surface area contributed by atoms with Crippen LogP contribution in [0.15, 0.2) is 42.6 Å². The van der Waals surface area contributed by atoms with Crippen LogP contribution in [0.25, 0.3) is 0 Å². The number of carbonyl (C=O) groups excluding carboxylic acids is 1. The predicted molar refractivity (Wildman–Crippen MR) is 106 cm³/mol. The molecule has 2 heterocycles. The molecule has 1 aromatic heterocycles. The Morgan fingerprint density at radius 1 is 1.18 bits per heavy atom. The van der Waals surface area contributed by atoms with E-state index in [1.807, 2.05) is 29.2 Å². The minimum Gasteiger partial charge on any atom is -0.497 e. The number of methoxy groups -OCH3 is 1. The highest BCUT2D eigenvalue weighted by Gasteiger charge is 2.21. The lowest BCUT2D eigenvalue weighted by atomic mass is 10.2. The zero-order chi connectivity index (χ0) is 19.9. The summed E-state index contributed by atoms with van der Waals surface area (Å²) in [6, 6.07) is 10.8. The first-order valence-corrected chi connectivity index (χ1v) is 9.08. The van der Waals surface area contributed by atoms with Gasteiger partial charge >= 0.3 is 0 Å². The molecule has 1 saturated heterocycles. The lowest BCUT2D eigenvalue weighted by Gasteiger charge is -2.36. The van der Waals surface area contributed by atoms with Crippen LogP contribution in [-0.2, 0) is 4.79 Å². The number of benzene rings is 1. The van der Waals surface area contributed by atoms with Crippen molar-refractivity contribution in [1.29, 1.82) is 0 Å². The van der Waals surface area contributed by atoms with E-state index in [2.05, 4.69) is 15.2 Å². The van der Waals surface area contributed by atoms with Crippen molar-refractivity contribution in [3.63, 3.8) is 0 Å². The highest BCUT2D eigenvalue weighted by Crippen LogP contribution is 2.20. The van der Waals surface area contributed by atoms with Gasteiger partial charge in [-0.1, -0.05) is 0 Å². The standard InChI is InChI=1S/C19H23N5O4/c1-28-17-5-2-15(3-6-17)22-10-12-23(13-11-22)19(25)8-9-20-18-7-4-16(14-21-18)24(26)27/h2-7,14H,8-13H2,1H3,(H,20,21). The Balaban J connectivity index is 1.41. The number of piperazine rings is 1. The minimum absolute atomic E-state index is 0.0589. The summed E-state index contributed by atoms with van der Waals surface area (Å²) in [5, 5.41) is 13.6. The number of ether oxygens (including phenoxy) is 1. The number of nitro groups is 1. The lowest BCUT2D eigenvalue weighted by Crippen LogP contribution is -2.49. The van der Waals surface area contributed by atoms with Crippen molar-refractivity contribution in [1.82, 2.24) is 9.88 Å². The van der Waals surface area contributed by atoms with Crippen LogP contribution in [0.4, 0.5) is 17.2 Å². The van der Waals surface area contributed by atoms with Crippen LogP contribution < -0.4 is 15.0 Å². The van der Waals surface area contributed by atoms with Gasteiger partial charge in [0.1, 0.15) is 17.8 Å². The molecule has 0 atom stereocenters. The third-order valence-electron chi connectivity index (χ3n) is 4.67. The summed E-state index contributed by atoms with van der Waals surface area (Å²) in [6.45, 7) is 3.37. The molecular formula is C19H23N5O4. The Hall–Kier alpha value is -3.36. The topological polar surface area (TPSA) is 101 Å². The van der Waals surface area contributed by atoms with Gasteiger partial charge in [-0.05, 0) is 30.3 Å². The number of anilines is 2. The summed E-state index contributed by atoms with van der Waals surface area (Å²) in [5.74, 6) is 1.43. The smallest absolute Gasteiger partial charge is 0.287 e.